The van der Waals surface area contributed by atoms with Crippen molar-refractivity contribution in [3.8, 4) is 11.5 Å². The van der Waals surface area contributed by atoms with Crippen molar-refractivity contribution in [2.24, 2.45) is 0 Å². The van der Waals surface area contributed by atoms with Crippen LogP contribution in [0.3, 0.4) is 0 Å². The fourth-order valence-corrected chi connectivity index (χ4v) is 6.11. The maximum atomic E-state index is 13.4. The topological polar surface area (TPSA) is 45.3 Å². The van der Waals surface area contributed by atoms with Crippen LogP contribution in [0.1, 0.15) is 65.2 Å². The fraction of sp³-hybridized carbons (Fsp3) is 0.552. The molecule has 0 radical (unpaired) electrons. The molecule has 6 nitrogen and oxygen atoms in total. The highest BCUT2D eigenvalue weighted by atomic mass is 19.4. The minimum atomic E-state index is -5.04. The number of likely N-dealkylation sites (tertiary alicyclic amines) is 2. The summed E-state index contributed by atoms with van der Waals surface area (Å²) in [4.78, 5) is 19.3. The lowest BCUT2D eigenvalue weighted by molar-refractivity contribution is -0.143. The number of hydrogen-bond donors (Lipinski definition) is 0. The smallest absolute Gasteiger partial charge is 0.416 e. The summed E-state index contributed by atoms with van der Waals surface area (Å²) in [7, 11) is 1.39. The lowest BCUT2D eigenvalue weighted by atomic mass is 9.95. The van der Waals surface area contributed by atoms with Crippen LogP contribution in [0, 0.1) is 0 Å². The Morgan fingerprint density at radius 3 is 2.17 bits per heavy atom. The zero-order valence-electron chi connectivity index (χ0n) is 22.7. The van der Waals surface area contributed by atoms with Gasteiger partial charge in [0.05, 0.1) is 17.2 Å². The molecule has 224 valence electrons. The normalized spacial score (nSPS) is 19.8. The number of likely N-dealkylation sites (N-methyl/N-ethyl adjacent to an activating group) is 1. The lowest BCUT2D eigenvalue weighted by Gasteiger charge is -2.43. The van der Waals surface area contributed by atoms with E-state index in [0.29, 0.717) is 29.7 Å². The SMILES string of the molecule is CN(CC(c1cccc2c1OCO2)N1CCC(N2CCCCC2)CC1)C(=O)c1cc(C(F)(F)F)cc(C(F)(F)F)c1. The Balaban J connectivity index is 1.40. The molecule has 1 atom stereocenters. The minimum Gasteiger partial charge on any atom is -0.454 e. The fourth-order valence-electron chi connectivity index (χ4n) is 6.11. The van der Waals surface area contributed by atoms with Crippen molar-refractivity contribution in [2.75, 3.05) is 46.6 Å². The van der Waals surface area contributed by atoms with Gasteiger partial charge in [-0.15, -0.1) is 0 Å². The average Bonchev–Trinajstić information content (AvgIpc) is 3.44. The average molecular weight is 586 g/mol. The molecule has 0 N–H and O–H groups in total. The van der Waals surface area contributed by atoms with Crippen LogP contribution in [0.4, 0.5) is 26.3 Å². The van der Waals surface area contributed by atoms with E-state index in [1.54, 1.807) is 12.1 Å². The van der Waals surface area contributed by atoms with E-state index in [0.717, 1.165) is 44.6 Å². The molecule has 2 aromatic rings. The van der Waals surface area contributed by atoms with Crippen molar-refractivity contribution >= 4 is 5.91 Å². The van der Waals surface area contributed by atoms with Gasteiger partial charge in [-0.2, -0.15) is 26.3 Å². The molecule has 1 unspecified atom stereocenters. The molecule has 12 heteroatoms. The van der Waals surface area contributed by atoms with Crippen LogP contribution < -0.4 is 9.47 Å². The molecule has 0 saturated carbocycles. The molecule has 0 bridgehead atoms. The van der Waals surface area contributed by atoms with Gasteiger partial charge in [0.15, 0.2) is 11.5 Å². The second kappa shape index (κ2) is 11.7. The molecule has 0 aromatic heterocycles. The Kier molecular flexibility index (Phi) is 8.43. The number of halogens is 6. The monoisotopic (exact) mass is 585 g/mol. The third-order valence-electron chi connectivity index (χ3n) is 8.26. The van der Waals surface area contributed by atoms with Crippen LogP contribution in [-0.4, -0.2) is 73.2 Å². The molecule has 3 aliphatic heterocycles. The molecule has 2 saturated heterocycles. The first-order valence-electron chi connectivity index (χ1n) is 13.8. The van der Waals surface area contributed by atoms with Crippen molar-refractivity contribution in [3.05, 3.63) is 58.7 Å². The molecule has 0 aliphatic carbocycles. The number of carbonyl (C=O) groups excluding carboxylic acids is 1. The van der Waals surface area contributed by atoms with Gasteiger partial charge in [-0.1, -0.05) is 18.6 Å². The zero-order valence-corrected chi connectivity index (χ0v) is 22.7. The summed E-state index contributed by atoms with van der Waals surface area (Å²) < 4.78 is 91.9. The first-order valence-corrected chi connectivity index (χ1v) is 13.8. The van der Waals surface area contributed by atoms with Gasteiger partial charge < -0.3 is 19.3 Å². The Labute approximate surface area is 234 Å². The van der Waals surface area contributed by atoms with Crippen molar-refractivity contribution < 1.29 is 40.6 Å². The molecular weight excluding hydrogens is 552 g/mol. The summed E-state index contributed by atoms with van der Waals surface area (Å²) >= 11 is 0. The number of carbonyl (C=O) groups is 1. The number of nitrogens with zero attached hydrogens (tertiary/aromatic N) is 3. The summed E-state index contributed by atoms with van der Waals surface area (Å²) in [6, 6.07) is 6.46. The van der Waals surface area contributed by atoms with Crippen LogP contribution >= 0.6 is 0 Å². The van der Waals surface area contributed by atoms with E-state index in [9.17, 15) is 31.1 Å². The summed E-state index contributed by atoms with van der Waals surface area (Å²) in [6.07, 6.45) is -4.62. The standard InChI is InChI=1S/C29H33F6N3O3/c1-36(27(39)19-14-20(28(30,31)32)16-21(15-19)29(33,34)35)17-24(23-6-5-7-25-26(23)41-18-40-25)38-12-8-22(9-13-38)37-10-3-2-4-11-37/h5-7,14-16,22,24H,2-4,8-13,17-18H2,1H3. The highest BCUT2D eigenvalue weighted by molar-refractivity contribution is 5.94. The predicted molar refractivity (Wildman–Crippen MR) is 139 cm³/mol. The summed E-state index contributed by atoms with van der Waals surface area (Å²) in [5, 5.41) is 0. The first-order chi connectivity index (χ1) is 19.4. The lowest BCUT2D eigenvalue weighted by Crippen LogP contribution is -2.49. The van der Waals surface area contributed by atoms with Crippen LogP contribution in [0.2, 0.25) is 0 Å². The molecule has 0 spiro atoms. The van der Waals surface area contributed by atoms with Gasteiger partial charge in [0, 0.05) is 43.9 Å². The van der Waals surface area contributed by atoms with Gasteiger partial charge in [0.2, 0.25) is 6.79 Å². The third kappa shape index (κ3) is 6.58. The second-order valence-corrected chi connectivity index (χ2v) is 10.9. The van der Waals surface area contributed by atoms with E-state index in [1.165, 1.54) is 31.2 Å². The van der Waals surface area contributed by atoms with E-state index in [2.05, 4.69) is 9.80 Å². The summed E-state index contributed by atoms with van der Waals surface area (Å²) in [6.45, 7) is 3.68. The number of fused-ring (bicyclic) bond motifs is 1. The van der Waals surface area contributed by atoms with Gasteiger partial charge in [-0.3, -0.25) is 9.69 Å². The van der Waals surface area contributed by atoms with Crippen LogP contribution in [0.15, 0.2) is 36.4 Å². The van der Waals surface area contributed by atoms with Crippen LogP contribution in [0.25, 0.3) is 0 Å². The Hall–Kier alpha value is -2.99. The number of ether oxygens (including phenoxy) is 2. The van der Waals surface area contributed by atoms with E-state index < -0.39 is 41.0 Å². The molecule has 3 heterocycles. The maximum Gasteiger partial charge on any atom is 0.416 e. The molecule has 2 fully saturated rings. The van der Waals surface area contributed by atoms with Gasteiger partial charge in [-0.05, 0) is 63.0 Å². The predicted octanol–water partition coefficient (Wildman–Crippen LogP) is 6.22. The highest BCUT2D eigenvalue weighted by Crippen LogP contribution is 2.42. The number of alkyl halides is 6. The number of amides is 1. The molecule has 2 aromatic carbocycles. The zero-order chi connectivity index (χ0) is 29.4. The molecular formula is C29H33F6N3O3. The van der Waals surface area contributed by atoms with E-state index in [4.69, 9.17) is 9.47 Å². The number of para-hydroxylation sites is 1. The van der Waals surface area contributed by atoms with E-state index in [-0.39, 0.29) is 19.4 Å². The summed E-state index contributed by atoms with van der Waals surface area (Å²) in [5.41, 5.74) is -2.95. The van der Waals surface area contributed by atoms with Gasteiger partial charge in [-0.25, -0.2) is 0 Å². The van der Waals surface area contributed by atoms with E-state index >= 15 is 0 Å². The van der Waals surface area contributed by atoms with Gasteiger partial charge >= 0.3 is 12.4 Å². The van der Waals surface area contributed by atoms with Crippen LogP contribution in [-0.2, 0) is 12.4 Å². The van der Waals surface area contributed by atoms with Crippen molar-refractivity contribution in [1.29, 1.82) is 0 Å². The van der Waals surface area contributed by atoms with E-state index in [1.807, 2.05) is 6.07 Å². The van der Waals surface area contributed by atoms with Gasteiger partial charge in [0.1, 0.15) is 0 Å². The second-order valence-electron chi connectivity index (χ2n) is 10.9. The molecule has 5 rings (SSSR count). The number of rotatable bonds is 6. The molecule has 3 aliphatic rings. The van der Waals surface area contributed by atoms with Crippen molar-refractivity contribution in [3.63, 3.8) is 0 Å². The number of piperidine rings is 2. The highest BCUT2D eigenvalue weighted by Gasteiger charge is 2.39. The third-order valence-corrected chi connectivity index (χ3v) is 8.26. The quantitative estimate of drug-likeness (QED) is 0.377. The minimum absolute atomic E-state index is 0.0245. The Morgan fingerprint density at radius 2 is 1.56 bits per heavy atom. The number of benzene rings is 2. The maximum absolute atomic E-state index is 13.4. The van der Waals surface area contributed by atoms with Crippen LogP contribution in [0.5, 0.6) is 11.5 Å². The molecule has 41 heavy (non-hydrogen) atoms. The first kappa shape index (κ1) is 29.5. The van der Waals surface area contributed by atoms with Gasteiger partial charge in [0.25, 0.3) is 5.91 Å². The Bertz CT molecular complexity index is 1210. The summed E-state index contributed by atoms with van der Waals surface area (Å²) in [5.74, 6) is 0.159. The van der Waals surface area contributed by atoms with Crippen molar-refractivity contribution in [1.82, 2.24) is 14.7 Å². The van der Waals surface area contributed by atoms with Crippen molar-refractivity contribution in [2.45, 2.75) is 56.5 Å². The molecule has 1 amide bonds. The largest absolute Gasteiger partial charge is 0.454 e. The Morgan fingerprint density at radius 1 is 0.927 bits per heavy atom. The number of hydrogen-bond acceptors (Lipinski definition) is 5.